The second-order valence-electron chi connectivity index (χ2n) is 6.55. The third-order valence-corrected chi connectivity index (χ3v) is 4.46. The monoisotopic (exact) mass is 506 g/mol. The van der Waals surface area contributed by atoms with Crippen LogP contribution >= 0.6 is 24.0 Å². The average molecular weight is 506 g/mol. The van der Waals surface area contributed by atoms with Crippen LogP contribution in [-0.2, 0) is 13.1 Å². The van der Waals surface area contributed by atoms with Crippen molar-refractivity contribution in [1.29, 1.82) is 0 Å². The summed E-state index contributed by atoms with van der Waals surface area (Å²) < 4.78 is 11.3. The molecular formula is C22H27IN4O2. The fourth-order valence-corrected chi connectivity index (χ4v) is 2.95. The van der Waals surface area contributed by atoms with Crippen LogP contribution in [0.1, 0.15) is 17.0 Å². The number of aromatic nitrogens is 1. The molecule has 29 heavy (non-hydrogen) atoms. The highest BCUT2D eigenvalue weighted by Gasteiger charge is 2.12. The number of hydrogen-bond acceptors (Lipinski definition) is 4. The highest BCUT2D eigenvalue weighted by atomic mass is 127. The number of hydrogen-bond donors (Lipinski definition) is 1. The number of rotatable bonds is 6. The molecule has 0 atom stereocenters. The van der Waals surface area contributed by atoms with Gasteiger partial charge in [0.05, 0.1) is 19.9 Å². The Morgan fingerprint density at radius 2 is 1.90 bits per heavy atom. The van der Waals surface area contributed by atoms with Crippen molar-refractivity contribution in [1.82, 2.24) is 15.2 Å². The summed E-state index contributed by atoms with van der Waals surface area (Å²) in [7, 11) is 5.42. The summed E-state index contributed by atoms with van der Waals surface area (Å²) in [4.78, 5) is 10.7. The third-order valence-electron chi connectivity index (χ3n) is 4.46. The molecule has 1 N–H and O–H groups in total. The molecule has 0 saturated heterocycles. The van der Waals surface area contributed by atoms with E-state index in [0.717, 1.165) is 28.6 Å². The summed E-state index contributed by atoms with van der Waals surface area (Å²) >= 11 is 0. The number of nitrogens with zero attached hydrogens (tertiary/aromatic N) is 3. The minimum Gasteiger partial charge on any atom is -0.496 e. The molecule has 1 heterocycles. The van der Waals surface area contributed by atoms with Crippen LogP contribution in [0.5, 0.6) is 5.75 Å². The molecule has 0 aliphatic rings. The minimum atomic E-state index is 0. The Morgan fingerprint density at radius 3 is 2.59 bits per heavy atom. The molecule has 0 fully saturated rings. The molecule has 0 spiro atoms. The van der Waals surface area contributed by atoms with E-state index in [1.807, 2.05) is 48.3 Å². The lowest BCUT2D eigenvalue weighted by Gasteiger charge is -2.22. The van der Waals surface area contributed by atoms with E-state index in [0.29, 0.717) is 19.0 Å². The minimum absolute atomic E-state index is 0. The molecule has 0 amide bonds. The van der Waals surface area contributed by atoms with Crippen molar-refractivity contribution in [2.75, 3.05) is 21.2 Å². The molecule has 0 unspecified atom stereocenters. The van der Waals surface area contributed by atoms with Gasteiger partial charge in [-0.1, -0.05) is 48.0 Å². The lowest BCUT2D eigenvalue weighted by molar-refractivity contribution is 0.395. The summed E-state index contributed by atoms with van der Waals surface area (Å²) in [6, 6.07) is 16.2. The van der Waals surface area contributed by atoms with Crippen molar-refractivity contribution in [3.8, 4) is 17.1 Å². The van der Waals surface area contributed by atoms with Crippen LogP contribution in [0.2, 0.25) is 0 Å². The number of aliphatic imine (C=N–C) groups is 1. The fourth-order valence-electron chi connectivity index (χ4n) is 2.95. The molecule has 2 aromatic carbocycles. The molecule has 154 valence electrons. The number of methoxy groups -OCH3 is 1. The van der Waals surface area contributed by atoms with Crippen molar-refractivity contribution in [3.63, 3.8) is 0 Å². The van der Waals surface area contributed by atoms with Gasteiger partial charge in [0, 0.05) is 31.8 Å². The smallest absolute Gasteiger partial charge is 0.214 e. The Bertz CT molecular complexity index is 938. The van der Waals surface area contributed by atoms with E-state index in [1.54, 1.807) is 20.4 Å². The van der Waals surface area contributed by atoms with E-state index in [2.05, 4.69) is 34.3 Å². The number of oxazole rings is 1. The summed E-state index contributed by atoms with van der Waals surface area (Å²) in [5, 5.41) is 3.30. The summed E-state index contributed by atoms with van der Waals surface area (Å²) in [5.74, 6) is 2.98. The van der Waals surface area contributed by atoms with Crippen LogP contribution in [0, 0.1) is 6.92 Å². The SMILES string of the molecule is CN=C(NCc1ncc(-c2ccc(C)cc2)o1)N(C)Cc1ccccc1OC.I. The first-order valence-corrected chi connectivity index (χ1v) is 9.16. The number of benzene rings is 2. The highest BCUT2D eigenvalue weighted by Crippen LogP contribution is 2.21. The van der Waals surface area contributed by atoms with Crippen molar-refractivity contribution in [3.05, 3.63) is 71.7 Å². The van der Waals surface area contributed by atoms with Gasteiger partial charge in [-0.15, -0.1) is 24.0 Å². The molecule has 0 saturated carbocycles. The Labute approximate surface area is 189 Å². The molecule has 0 aliphatic carbocycles. The van der Waals surface area contributed by atoms with Gasteiger partial charge in [-0.05, 0) is 13.0 Å². The van der Waals surface area contributed by atoms with Crippen LogP contribution in [0.3, 0.4) is 0 Å². The molecule has 3 aromatic rings. The normalized spacial score (nSPS) is 11.0. The molecule has 1 aromatic heterocycles. The number of ether oxygens (including phenoxy) is 1. The predicted octanol–water partition coefficient (Wildman–Crippen LogP) is 4.48. The van der Waals surface area contributed by atoms with Gasteiger partial charge in [0.25, 0.3) is 0 Å². The number of guanidine groups is 1. The van der Waals surface area contributed by atoms with Gasteiger partial charge < -0.3 is 19.4 Å². The van der Waals surface area contributed by atoms with Gasteiger partial charge in [-0.25, -0.2) is 4.98 Å². The molecule has 7 heteroatoms. The van der Waals surface area contributed by atoms with Crippen molar-refractivity contribution < 1.29 is 9.15 Å². The van der Waals surface area contributed by atoms with E-state index >= 15 is 0 Å². The lowest BCUT2D eigenvalue weighted by atomic mass is 10.1. The highest BCUT2D eigenvalue weighted by molar-refractivity contribution is 14.0. The van der Waals surface area contributed by atoms with Gasteiger partial charge in [0.1, 0.15) is 5.75 Å². The second-order valence-corrected chi connectivity index (χ2v) is 6.55. The number of aryl methyl sites for hydroxylation is 1. The Hall–Kier alpha value is -2.55. The predicted molar refractivity (Wildman–Crippen MR) is 127 cm³/mol. The zero-order valence-corrected chi connectivity index (χ0v) is 19.5. The fraction of sp³-hybridized carbons (Fsp3) is 0.273. The van der Waals surface area contributed by atoms with Gasteiger partial charge in [-0.3, -0.25) is 4.99 Å². The lowest BCUT2D eigenvalue weighted by Crippen LogP contribution is -2.38. The zero-order valence-electron chi connectivity index (χ0n) is 17.2. The topological polar surface area (TPSA) is 62.9 Å². The third kappa shape index (κ3) is 5.96. The van der Waals surface area contributed by atoms with Gasteiger partial charge in [0.15, 0.2) is 11.7 Å². The molecule has 6 nitrogen and oxygen atoms in total. The largest absolute Gasteiger partial charge is 0.496 e. The van der Waals surface area contributed by atoms with E-state index in [4.69, 9.17) is 9.15 Å². The first kappa shape index (κ1) is 22.7. The maximum Gasteiger partial charge on any atom is 0.214 e. The van der Waals surface area contributed by atoms with Crippen LogP contribution in [0.15, 0.2) is 64.1 Å². The molecule has 0 radical (unpaired) electrons. The molecule has 3 rings (SSSR count). The number of para-hydroxylation sites is 1. The maximum absolute atomic E-state index is 5.87. The van der Waals surface area contributed by atoms with E-state index in [1.165, 1.54) is 5.56 Å². The van der Waals surface area contributed by atoms with Crippen LogP contribution in [0.4, 0.5) is 0 Å². The number of nitrogens with one attached hydrogen (secondary N) is 1. The van der Waals surface area contributed by atoms with Crippen molar-refractivity contribution in [2.45, 2.75) is 20.0 Å². The summed E-state index contributed by atoms with van der Waals surface area (Å²) in [6.45, 7) is 3.19. The molecule has 0 bridgehead atoms. The summed E-state index contributed by atoms with van der Waals surface area (Å²) in [6.07, 6.45) is 1.75. The average Bonchev–Trinajstić information content (AvgIpc) is 3.18. The zero-order chi connectivity index (χ0) is 19.9. The van der Waals surface area contributed by atoms with Crippen LogP contribution in [0.25, 0.3) is 11.3 Å². The van der Waals surface area contributed by atoms with Crippen molar-refractivity contribution in [2.24, 2.45) is 4.99 Å². The van der Waals surface area contributed by atoms with E-state index in [-0.39, 0.29) is 24.0 Å². The van der Waals surface area contributed by atoms with E-state index < -0.39 is 0 Å². The molecule has 0 aliphatic heterocycles. The van der Waals surface area contributed by atoms with Crippen LogP contribution < -0.4 is 10.1 Å². The Kier molecular flexibility index (Phi) is 8.50. The molecular weight excluding hydrogens is 479 g/mol. The maximum atomic E-state index is 5.87. The first-order valence-electron chi connectivity index (χ1n) is 9.16. The quantitative estimate of drug-likeness (QED) is 0.304. The van der Waals surface area contributed by atoms with Crippen molar-refractivity contribution >= 4 is 29.9 Å². The standard InChI is InChI=1S/C22H26N4O2.HI/c1-16-9-11-17(12-10-16)20-13-24-21(28-20)14-25-22(23-2)26(3)15-18-7-5-6-8-19(18)27-4;/h5-13H,14-15H2,1-4H3,(H,23,25);1H. The Morgan fingerprint density at radius 1 is 1.17 bits per heavy atom. The van der Waals surface area contributed by atoms with Gasteiger partial charge in [-0.2, -0.15) is 0 Å². The Balaban J connectivity index is 0.00000300. The van der Waals surface area contributed by atoms with Gasteiger partial charge in [0.2, 0.25) is 5.89 Å². The second kappa shape index (κ2) is 10.8. The van der Waals surface area contributed by atoms with Crippen LogP contribution in [-0.4, -0.2) is 37.0 Å². The first-order chi connectivity index (χ1) is 13.6. The van der Waals surface area contributed by atoms with Gasteiger partial charge >= 0.3 is 0 Å². The number of halogens is 1. The summed E-state index contributed by atoms with van der Waals surface area (Å²) in [5.41, 5.74) is 3.32. The van der Waals surface area contributed by atoms with E-state index in [9.17, 15) is 0 Å².